The van der Waals surface area contributed by atoms with Gasteiger partial charge in [0.05, 0.1) is 11.9 Å². The first-order valence-electron chi connectivity index (χ1n) is 5.93. The number of fused-ring (bicyclic) bond motifs is 1. The number of aliphatic carboxylic acids is 1. The van der Waals surface area contributed by atoms with Gasteiger partial charge in [-0.2, -0.15) is 0 Å². The lowest BCUT2D eigenvalue weighted by atomic mass is 10.1. The minimum Gasteiger partial charge on any atom is -0.481 e. The van der Waals surface area contributed by atoms with E-state index in [1.54, 1.807) is 37.4 Å². The maximum Gasteiger partial charge on any atom is 0.305 e. The van der Waals surface area contributed by atoms with E-state index in [1.807, 2.05) is 6.07 Å². The number of benzene rings is 1. The number of amides is 1. The number of carbonyl (C=O) groups is 2. The topological polar surface area (TPSA) is 79.3 Å². The second-order valence-electron chi connectivity index (χ2n) is 4.38. The lowest BCUT2D eigenvalue weighted by Crippen LogP contribution is -2.34. The summed E-state index contributed by atoms with van der Waals surface area (Å²) in [4.78, 5) is 26.7. The van der Waals surface area contributed by atoms with Crippen molar-refractivity contribution in [2.75, 3.05) is 0 Å². The number of hydrogen-bond donors (Lipinski definition) is 2. The number of carboxylic acids is 1. The quantitative estimate of drug-likeness (QED) is 0.876. The van der Waals surface area contributed by atoms with Crippen LogP contribution in [0.1, 0.15) is 23.7 Å². The minimum atomic E-state index is -0.935. The Balaban J connectivity index is 2.15. The number of nitrogens with one attached hydrogen (secondary N) is 1. The third-order valence-electron chi connectivity index (χ3n) is 2.72. The first-order chi connectivity index (χ1) is 9.06. The Hall–Kier alpha value is -2.43. The van der Waals surface area contributed by atoms with Gasteiger partial charge in [0.2, 0.25) is 0 Å². The number of aromatic nitrogens is 1. The first kappa shape index (κ1) is 13.0. The molecule has 2 N–H and O–H groups in total. The fourth-order valence-electron chi connectivity index (χ4n) is 1.84. The van der Waals surface area contributed by atoms with Crippen molar-refractivity contribution < 1.29 is 14.7 Å². The Labute approximate surface area is 110 Å². The van der Waals surface area contributed by atoms with Crippen LogP contribution in [0.15, 0.2) is 36.5 Å². The molecule has 0 bridgehead atoms. The van der Waals surface area contributed by atoms with Gasteiger partial charge in [0.15, 0.2) is 0 Å². The van der Waals surface area contributed by atoms with E-state index in [9.17, 15) is 9.59 Å². The van der Waals surface area contributed by atoms with Crippen molar-refractivity contribution in [3.8, 4) is 0 Å². The lowest BCUT2D eigenvalue weighted by Gasteiger charge is -2.11. The van der Waals surface area contributed by atoms with Crippen molar-refractivity contribution in [2.45, 2.75) is 19.4 Å². The van der Waals surface area contributed by atoms with E-state index >= 15 is 0 Å². The van der Waals surface area contributed by atoms with Gasteiger partial charge >= 0.3 is 5.97 Å². The van der Waals surface area contributed by atoms with Gasteiger partial charge in [-0.15, -0.1) is 0 Å². The summed E-state index contributed by atoms with van der Waals surface area (Å²) in [5.74, 6) is -1.21. The highest BCUT2D eigenvalue weighted by Gasteiger charge is 2.12. The van der Waals surface area contributed by atoms with E-state index in [0.29, 0.717) is 5.56 Å². The summed E-state index contributed by atoms with van der Waals surface area (Å²) in [6.07, 6.45) is 1.60. The highest BCUT2D eigenvalue weighted by molar-refractivity contribution is 5.98. The summed E-state index contributed by atoms with van der Waals surface area (Å²) < 4.78 is 0. The Bertz CT molecular complexity index is 625. The summed E-state index contributed by atoms with van der Waals surface area (Å²) in [5, 5.41) is 12.2. The molecule has 2 rings (SSSR count). The molecular weight excluding hydrogens is 244 g/mol. The van der Waals surface area contributed by atoms with E-state index in [0.717, 1.165) is 10.9 Å². The number of rotatable bonds is 4. The standard InChI is InChI=1S/C14H14N2O3/c1-9(7-13(17)18)16-14(19)11-4-5-12-10(8-11)3-2-6-15-12/h2-6,8-9H,7H2,1H3,(H,16,19)(H,17,18). The van der Waals surface area contributed by atoms with Crippen LogP contribution >= 0.6 is 0 Å². The maximum absolute atomic E-state index is 12.0. The molecule has 0 fully saturated rings. The van der Waals surface area contributed by atoms with Crippen molar-refractivity contribution in [1.82, 2.24) is 10.3 Å². The van der Waals surface area contributed by atoms with Gasteiger partial charge < -0.3 is 10.4 Å². The fourth-order valence-corrected chi connectivity index (χ4v) is 1.84. The zero-order valence-electron chi connectivity index (χ0n) is 10.5. The van der Waals surface area contributed by atoms with Gasteiger partial charge in [-0.05, 0) is 31.2 Å². The van der Waals surface area contributed by atoms with E-state index in [4.69, 9.17) is 5.11 Å². The molecule has 0 aliphatic heterocycles. The van der Waals surface area contributed by atoms with Crippen LogP contribution in [0.25, 0.3) is 10.9 Å². The van der Waals surface area contributed by atoms with Gasteiger partial charge in [0.25, 0.3) is 5.91 Å². The van der Waals surface area contributed by atoms with Gasteiger partial charge in [-0.1, -0.05) is 6.07 Å². The largest absolute Gasteiger partial charge is 0.481 e. The molecule has 0 aliphatic carbocycles. The molecule has 1 aromatic heterocycles. The Morgan fingerprint density at radius 3 is 2.89 bits per heavy atom. The maximum atomic E-state index is 12.0. The Morgan fingerprint density at radius 1 is 1.37 bits per heavy atom. The molecule has 0 saturated heterocycles. The average molecular weight is 258 g/mol. The van der Waals surface area contributed by atoms with Crippen LogP contribution in [0.4, 0.5) is 0 Å². The van der Waals surface area contributed by atoms with Gasteiger partial charge in [-0.25, -0.2) is 0 Å². The zero-order valence-corrected chi connectivity index (χ0v) is 10.5. The van der Waals surface area contributed by atoms with Crippen LogP contribution in [0.3, 0.4) is 0 Å². The van der Waals surface area contributed by atoms with Crippen LogP contribution in [0.2, 0.25) is 0 Å². The SMILES string of the molecule is CC(CC(=O)O)NC(=O)c1ccc2ncccc2c1. The number of carbonyl (C=O) groups excluding carboxylic acids is 1. The number of carboxylic acid groups (broad SMARTS) is 1. The number of nitrogens with zero attached hydrogens (tertiary/aromatic N) is 1. The van der Waals surface area contributed by atoms with Crippen molar-refractivity contribution in [3.63, 3.8) is 0 Å². The third-order valence-corrected chi connectivity index (χ3v) is 2.72. The molecule has 0 radical (unpaired) electrons. The van der Waals surface area contributed by atoms with Gasteiger partial charge in [0.1, 0.15) is 0 Å². The van der Waals surface area contributed by atoms with E-state index in [1.165, 1.54) is 0 Å². The van der Waals surface area contributed by atoms with Crippen molar-refractivity contribution in [1.29, 1.82) is 0 Å². The third kappa shape index (κ3) is 3.28. The summed E-state index contributed by atoms with van der Waals surface area (Å²) in [6.45, 7) is 1.66. The van der Waals surface area contributed by atoms with Crippen molar-refractivity contribution in [3.05, 3.63) is 42.1 Å². The lowest BCUT2D eigenvalue weighted by molar-refractivity contribution is -0.137. The zero-order chi connectivity index (χ0) is 13.8. The van der Waals surface area contributed by atoms with Crippen molar-refractivity contribution in [2.24, 2.45) is 0 Å². The molecule has 1 aromatic carbocycles. The highest BCUT2D eigenvalue weighted by atomic mass is 16.4. The molecule has 2 aromatic rings. The molecule has 19 heavy (non-hydrogen) atoms. The van der Waals surface area contributed by atoms with Crippen molar-refractivity contribution >= 4 is 22.8 Å². The molecule has 1 unspecified atom stereocenters. The predicted octanol–water partition coefficient (Wildman–Crippen LogP) is 1.83. The molecule has 1 atom stereocenters. The highest BCUT2D eigenvalue weighted by Crippen LogP contribution is 2.13. The van der Waals surface area contributed by atoms with E-state index in [2.05, 4.69) is 10.3 Å². The van der Waals surface area contributed by atoms with Gasteiger partial charge in [0, 0.05) is 23.2 Å². The molecule has 98 valence electrons. The average Bonchev–Trinajstić information content (AvgIpc) is 2.37. The van der Waals surface area contributed by atoms with Crippen LogP contribution < -0.4 is 5.32 Å². The second kappa shape index (κ2) is 5.48. The molecule has 1 heterocycles. The summed E-state index contributed by atoms with van der Waals surface area (Å²) in [6, 6.07) is 8.46. The predicted molar refractivity (Wildman–Crippen MR) is 70.9 cm³/mol. The van der Waals surface area contributed by atoms with E-state index < -0.39 is 12.0 Å². The normalized spacial score (nSPS) is 12.1. The minimum absolute atomic E-state index is 0.0964. The monoisotopic (exact) mass is 258 g/mol. The summed E-state index contributed by atoms with van der Waals surface area (Å²) in [5.41, 5.74) is 1.32. The number of hydrogen-bond acceptors (Lipinski definition) is 3. The molecule has 0 saturated carbocycles. The fraction of sp³-hybridized carbons (Fsp3) is 0.214. The van der Waals surface area contributed by atoms with Gasteiger partial charge in [-0.3, -0.25) is 14.6 Å². The molecule has 1 amide bonds. The molecular formula is C14H14N2O3. The van der Waals surface area contributed by atoms with Crippen LogP contribution in [0.5, 0.6) is 0 Å². The first-order valence-corrected chi connectivity index (χ1v) is 5.93. The van der Waals surface area contributed by atoms with Crippen LogP contribution in [-0.2, 0) is 4.79 Å². The summed E-state index contributed by atoms with van der Waals surface area (Å²) >= 11 is 0. The molecule has 5 heteroatoms. The van der Waals surface area contributed by atoms with Crippen LogP contribution in [-0.4, -0.2) is 28.0 Å². The molecule has 0 spiro atoms. The number of pyridine rings is 1. The van der Waals surface area contributed by atoms with Crippen LogP contribution in [0, 0.1) is 0 Å². The Kier molecular flexibility index (Phi) is 3.75. The summed E-state index contributed by atoms with van der Waals surface area (Å²) in [7, 11) is 0. The van der Waals surface area contributed by atoms with E-state index in [-0.39, 0.29) is 12.3 Å². The molecule has 5 nitrogen and oxygen atoms in total. The molecule has 0 aliphatic rings. The smallest absolute Gasteiger partial charge is 0.305 e. The second-order valence-corrected chi connectivity index (χ2v) is 4.38. The Morgan fingerprint density at radius 2 is 2.16 bits per heavy atom.